The van der Waals surface area contributed by atoms with Crippen molar-refractivity contribution in [2.45, 2.75) is 4.90 Å². The molecule has 1 aliphatic rings. The first-order valence-electron chi connectivity index (χ1n) is 4.71. The maximum Gasteiger partial charge on any atom is 0.361 e. The number of aliphatic carboxylic acids is 1. The molecule has 0 fully saturated rings. The number of hydrogen-bond donors (Lipinski definition) is 1. The van der Waals surface area contributed by atoms with Gasteiger partial charge in [0.1, 0.15) is 12.9 Å². The van der Waals surface area contributed by atoms with E-state index in [0.717, 1.165) is 4.90 Å². The van der Waals surface area contributed by atoms with E-state index in [9.17, 15) is 4.79 Å². The Morgan fingerprint density at radius 2 is 2.24 bits per heavy atom. The molecule has 1 aliphatic heterocycles. The van der Waals surface area contributed by atoms with Gasteiger partial charge in [-0.25, -0.2) is 4.79 Å². The Labute approximate surface area is 102 Å². The molecule has 0 unspecified atom stereocenters. The lowest BCUT2D eigenvalue weighted by molar-refractivity contribution is -0.129. The quantitative estimate of drug-likeness (QED) is 0.658. The number of benzene rings is 1. The Kier molecular flexibility index (Phi) is 3.34. The van der Waals surface area contributed by atoms with Crippen molar-refractivity contribution in [2.24, 2.45) is 5.16 Å². The van der Waals surface area contributed by atoms with Crippen LogP contribution in [0, 0.1) is 0 Å². The fourth-order valence-corrected chi connectivity index (χ4v) is 2.05. The zero-order chi connectivity index (χ0) is 12.3. The van der Waals surface area contributed by atoms with Gasteiger partial charge in [0.05, 0.1) is 4.90 Å². The number of carbonyl (C=O) groups is 1. The maximum absolute atomic E-state index is 11.0. The summed E-state index contributed by atoms with van der Waals surface area (Å²) in [7, 11) is 1.29. The van der Waals surface area contributed by atoms with Crippen molar-refractivity contribution >= 4 is 23.4 Å². The number of fused-ring (bicyclic) bond motifs is 1. The molecule has 5 nitrogen and oxygen atoms in total. The zero-order valence-corrected chi connectivity index (χ0v) is 9.73. The lowest BCUT2D eigenvalue weighted by atomic mass is 10.3. The minimum atomic E-state index is -1.20. The average molecular weight is 251 g/mol. The summed E-state index contributed by atoms with van der Waals surface area (Å²) in [6, 6.07) is 7.36. The van der Waals surface area contributed by atoms with Gasteiger partial charge in [0.25, 0.3) is 0 Å². The van der Waals surface area contributed by atoms with Gasteiger partial charge in [0, 0.05) is 5.41 Å². The van der Waals surface area contributed by atoms with Gasteiger partial charge >= 0.3 is 5.97 Å². The van der Waals surface area contributed by atoms with Gasteiger partial charge in [0.2, 0.25) is 5.71 Å². The van der Waals surface area contributed by atoms with Gasteiger partial charge in [-0.2, -0.15) is 0 Å². The number of para-hydroxylation sites is 1. The van der Waals surface area contributed by atoms with Crippen LogP contribution in [0.15, 0.2) is 45.5 Å². The molecule has 1 aromatic carbocycles. The molecule has 2 rings (SSSR count). The van der Waals surface area contributed by atoms with Crippen LogP contribution in [-0.2, 0) is 9.63 Å². The van der Waals surface area contributed by atoms with Gasteiger partial charge in [-0.1, -0.05) is 29.1 Å². The largest absolute Gasteiger partial charge is 0.476 e. The zero-order valence-electron chi connectivity index (χ0n) is 8.91. The fourth-order valence-electron chi connectivity index (χ4n) is 1.28. The lowest BCUT2D eigenvalue weighted by Crippen LogP contribution is -2.20. The van der Waals surface area contributed by atoms with Crippen LogP contribution in [-0.4, -0.2) is 23.9 Å². The Morgan fingerprint density at radius 3 is 2.94 bits per heavy atom. The summed E-state index contributed by atoms with van der Waals surface area (Å²) in [6.07, 6.45) is 0. The van der Waals surface area contributed by atoms with Crippen molar-refractivity contribution in [3.05, 3.63) is 35.4 Å². The SMILES string of the molecule is CO/N=C(\C(=O)O)C1=CSc2ccccc2O1. The van der Waals surface area contributed by atoms with E-state index in [1.54, 1.807) is 11.5 Å². The molecule has 0 saturated carbocycles. The van der Waals surface area contributed by atoms with Crippen LogP contribution < -0.4 is 4.74 Å². The van der Waals surface area contributed by atoms with Crippen LogP contribution in [0.1, 0.15) is 0 Å². The number of nitrogens with zero attached hydrogens (tertiary/aromatic N) is 1. The summed E-state index contributed by atoms with van der Waals surface area (Å²) in [5.41, 5.74) is -0.255. The highest BCUT2D eigenvalue weighted by Gasteiger charge is 2.23. The topological polar surface area (TPSA) is 68.1 Å². The Hall–Kier alpha value is -1.95. The van der Waals surface area contributed by atoms with Crippen molar-refractivity contribution in [2.75, 3.05) is 7.11 Å². The second-order valence-corrected chi connectivity index (χ2v) is 3.99. The molecule has 0 aliphatic carbocycles. The van der Waals surface area contributed by atoms with E-state index in [0.29, 0.717) is 5.75 Å². The maximum atomic E-state index is 11.0. The molecule has 0 aromatic heterocycles. The number of thioether (sulfide) groups is 1. The van der Waals surface area contributed by atoms with Crippen LogP contribution >= 0.6 is 11.8 Å². The van der Waals surface area contributed by atoms with Gasteiger partial charge in [-0.05, 0) is 12.1 Å². The third kappa shape index (κ3) is 2.42. The lowest BCUT2D eigenvalue weighted by Gasteiger charge is -2.16. The number of carboxylic acids is 1. The molecule has 88 valence electrons. The molecule has 6 heteroatoms. The van der Waals surface area contributed by atoms with Crippen LogP contribution in [0.4, 0.5) is 0 Å². The molecular weight excluding hydrogens is 242 g/mol. The molecule has 0 bridgehead atoms. The summed E-state index contributed by atoms with van der Waals surface area (Å²) < 4.78 is 5.46. The molecule has 0 amide bonds. The fraction of sp³-hybridized carbons (Fsp3) is 0.0909. The molecule has 0 spiro atoms. The number of rotatable bonds is 3. The molecule has 0 atom stereocenters. The number of oxime groups is 1. The summed E-state index contributed by atoms with van der Waals surface area (Å²) in [5.74, 6) is -0.416. The highest BCUT2D eigenvalue weighted by atomic mass is 32.2. The van der Waals surface area contributed by atoms with Crippen LogP contribution in [0.3, 0.4) is 0 Å². The van der Waals surface area contributed by atoms with Crippen molar-refractivity contribution in [3.8, 4) is 5.75 Å². The predicted molar refractivity (Wildman–Crippen MR) is 63.1 cm³/mol. The summed E-state index contributed by atoms with van der Waals surface area (Å²) in [6.45, 7) is 0. The average Bonchev–Trinajstić information content (AvgIpc) is 2.35. The highest BCUT2D eigenvalue weighted by molar-refractivity contribution is 8.02. The van der Waals surface area contributed by atoms with Crippen LogP contribution in [0.2, 0.25) is 0 Å². The van der Waals surface area contributed by atoms with Crippen molar-refractivity contribution in [1.29, 1.82) is 0 Å². The molecule has 1 heterocycles. The molecule has 1 N–H and O–H groups in total. The van der Waals surface area contributed by atoms with E-state index >= 15 is 0 Å². The Balaban J connectivity index is 2.29. The van der Waals surface area contributed by atoms with Crippen LogP contribution in [0.25, 0.3) is 0 Å². The van der Waals surface area contributed by atoms with E-state index in [-0.39, 0.29) is 11.5 Å². The van der Waals surface area contributed by atoms with Crippen molar-refractivity contribution in [3.63, 3.8) is 0 Å². The van der Waals surface area contributed by atoms with E-state index in [1.165, 1.54) is 18.9 Å². The smallest absolute Gasteiger partial charge is 0.361 e. The molecule has 17 heavy (non-hydrogen) atoms. The minimum absolute atomic E-state index is 0.169. The second kappa shape index (κ2) is 4.92. The first-order chi connectivity index (χ1) is 8.22. The van der Waals surface area contributed by atoms with E-state index < -0.39 is 5.97 Å². The van der Waals surface area contributed by atoms with Crippen molar-refractivity contribution in [1.82, 2.24) is 0 Å². The van der Waals surface area contributed by atoms with E-state index in [1.807, 2.05) is 18.2 Å². The number of hydrogen-bond acceptors (Lipinski definition) is 5. The third-order valence-corrected chi connectivity index (χ3v) is 2.90. The van der Waals surface area contributed by atoms with E-state index in [4.69, 9.17) is 9.84 Å². The first-order valence-corrected chi connectivity index (χ1v) is 5.59. The van der Waals surface area contributed by atoms with Gasteiger partial charge in [-0.15, -0.1) is 0 Å². The predicted octanol–water partition coefficient (Wildman–Crippen LogP) is 2.10. The van der Waals surface area contributed by atoms with Gasteiger partial charge in [0.15, 0.2) is 5.76 Å². The first kappa shape index (κ1) is 11.5. The molecule has 1 aromatic rings. The normalized spacial score (nSPS) is 14.4. The molecular formula is C11H9NO4S. The van der Waals surface area contributed by atoms with E-state index in [2.05, 4.69) is 9.99 Å². The van der Waals surface area contributed by atoms with Gasteiger partial charge < -0.3 is 14.7 Å². The monoisotopic (exact) mass is 251 g/mol. The Bertz CT molecular complexity index is 510. The van der Waals surface area contributed by atoms with Crippen LogP contribution in [0.5, 0.6) is 5.75 Å². The second-order valence-electron chi connectivity index (χ2n) is 3.08. The highest BCUT2D eigenvalue weighted by Crippen LogP contribution is 2.36. The Morgan fingerprint density at radius 1 is 1.47 bits per heavy atom. The molecule has 0 saturated heterocycles. The summed E-state index contributed by atoms with van der Waals surface area (Å²) >= 11 is 1.38. The third-order valence-electron chi connectivity index (χ3n) is 1.98. The number of ether oxygens (including phenoxy) is 1. The number of carboxylic acid groups (broad SMARTS) is 1. The summed E-state index contributed by atoms with van der Waals surface area (Å²) in [5, 5.41) is 14.0. The molecule has 0 radical (unpaired) electrons. The standard InChI is InChI=1S/C11H9NO4S/c1-15-12-10(11(13)14)8-6-17-9-5-3-2-4-7(9)16-8/h2-6H,1H3,(H,13,14)/b12-10-. The van der Waals surface area contributed by atoms with Crippen molar-refractivity contribution < 1.29 is 19.5 Å². The summed E-state index contributed by atoms with van der Waals surface area (Å²) in [4.78, 5) is 16.4. The van der Waals surface area contributed by atoms with Gasteiger partial charge in [-0.3, -0.25) is 0 Å². The minimum Gasteiger partial charge on any atom is -0.476 e.